The maximum Gasteiger partial charge on any atom is 0.304 e. The molecule has 5 nitrogen and oxygen atoms in total. The molecule has 1 heterocycles. The van der Waals surface area contributed by atoms with Crippen LogP contribution < -0.4 is 0 Å². The quantitative estimate of drug-likeness (QED) is 0.712. The Kier molecular flexibility index (Phi) is 4.12. The summed E-state index contributed by atoms with van der Waals surface area (Å²) in [6.45, 7) is 2.19. The van der Waals surface area contributed by atoms with E-state index in [1.165, 1.54) is 0 Å². The van der Waals surface area contributed by atoms with Crippen molar-refractivity contribution in [2.75, 3.05) is 20.1 Å². The largest absolute Gasteiger partial charge is 0.481 e. The SMILES string of the molecule is CN(CCC(=O)O)CCn1cccn1. The summed E-state index contributed by atoms with van der Waals surface area (Å²) in [5.41, 5.74) is 0. The summed E-state index contributed by atoms with van der Waals surface area (Å²) in [6, 6.07) is 1.87. The van der Waals surface area contributed by atoms with Crippen LogP contribution in [0, 0.1) is 0 Å². The highest BCUT2D eigenvalue weighted by Crippen LogP contribution is 1.90. The molecule has 1 N–H and O–H groups in total. The van der Waals surface area contributed by atoms with Gasteiger partial charge in [-0.1, -0.05) is 0 Å². The lowest BCUT2D eigenvalue weighted by Crippen LogP contribution is -2.25. The Hall–Kier alpha value is -1.36. The van der Waals surface area contributed by atoms with Crippen LogP contribution in [0.25, 0.3) is 0 Å². The van der Waals surface area contributed by atoms with Crippen LogP contribution in [0.15, 0.2) is 18.5 Å². The Bertz CT molecular complexity index is 272. The molecule has 0 radical (unpaired) electrons. The molecule has 0 aromatic carbocycles. The van der Waals surface area contributed by atoms with E-state index in [1.807, 2.05) is 28.9 Å². The van der Waals surface area contributed by atoms with E-state index in [9.17, 15) is 4.79 Å². The van der Waals surface area contributed by atoms with Crippen LogP contribution in [0.3, 0.4) is 0 Å². The molecule has 1 aromatic rings. The third-order valence-corrected chi connectivity index (χ3v) is 1.98. The van der Waals surface area contributed by atoms with Gasteiger partial charge in [-0.3, -0.25) is 9.48 Å². The van der Waals surface area contributed by atoms with Crippen molar-refractivity contribution in [1.29, 1.82) is 0 Å². The minimum atomic E-state index is -0.754. The van der Waals surface area contributed by atoms with Crippen molar-refractivity contribution in [3.8, 4) is 0 Å². The molecule has 78 valence electrons. The van der Waals surface area contributed by atoms with Crippen LogP contribution in [-0.4, -0.2) is 45.9 Å². The van der Waals surface area contributed by atoms with Crippen LogP contribution in [0.4, 0.5) is 0 Å². The number of likely N-dealkylation sites (N-methyl/N-ethyl adjacent to an activating group) is 1. The van der Waals surface area contributed by atoms with Gasteiger partial charge in [-0.25, -0.2) is 0 Å². The van der Waals surface area contributed by atoms with E-state index < -0.39 is 5.97 Å². The maximum absolute atomic E-state index is 10.3. The number of carboxylic acids is 1. The minimum absolute atomic E-state index is 0.190. The number of carboxylic acid groups (broad SMARTS) is 1. The standard InChI is InChI=1S/C9H15N3O2/c1-11(6-3-9(13)14)7-8-12-5-2-4-10-12/h2,4-5H,3,6-8H2,1H3,(H,13,14). The van der Waals surface area contributed by atoms with Gasteiger partial charge in [-0.15, -0.1) is 0 Å². The van der Waals surface area contributed by atoms with Crippen molar-refractivity contribution >= 4 is 5.97 Å². The number of hydrogen-bond donors (Lipinski definition) is 1. The van der Waals surface area contributed by atoms with Gasteiger partial charge in [0.25, 0.3) is 0 Å². The zero-order chi connectivity index (χ0) is 10.4. The summed E-state index contributed by atoms with van der Waals surface area (Å²) in [7, 11) is 1.91. The molecule has 0 atom stereocenters. The zero-order valence-corrected chi connectivity index (χ0v) is 8.26. The van der Waals surface area contributed by atoms with Gasteiger partial charge in [0.15, 0.2) is 0 Å². The van der Waals surface area contributed by atoms with Gasteiger partial charge in [-0.2, -0.15) is 5.10 Å². The summed E-state index contributed by atoms with van der Waals surface area (Å²) in [4.78, 5) is 12.3. The van der Waals surface area contributed by atoms with Crippen LogP contribution in [-0.2, 0) is 11.3 Å². The molecular weight excluding hydrogens is 182 g/mol. The Morgan fingerprint density at radius 2 is 2.36 bits per heavy atom. The lowest BCUT2D eigenvalue weighted by atomic mass is 10.4. The van der Waals surface area contributed by atoms with Gasteiger partial charge in [-0.05, 0) is 13.1 Å². The van der Waals surface area contributed by atoms with Crippen LogP contribution in [0.1, 0.15) is 6.42 Å². The molecule has 0 fully saturated rings. The molecule has 0 unspecified atom stereocenters. The van der Waals surface area contributed by atoms with E-state index in [0.29, 0.717) is 6.54 Å². The summed E-state index contributed by atoms with van der Waals surface area (Å²) >= 11 is 0. The zero-order valence-electron chi connectivity index (χ0n) is 8.26. The summed E-state index contributed by atoms with van der Waals surface area (Å²) in [5, 5.41) is 12.5. The Balaban J connectivity index is 2.15. The van der Waals surface area contributed by atoms with Gasteiger partial charge >= 0.3 is 5.97 Å². The average Bonchev–Trinajstić information content (AvgIpc) is 2.63. The second-order valence-corrected chi connectivity index (χ2v) is 3.22. The topological polar surface area (TPSA) is 58.4 Å². The summed E-state index contributed by atoms with van der Waals surface area (Å²) in [6.07, 6.45) is 3.82. The molecule has 0 amide bonds. The normalized spacial score (nSPS) is 10.7. The fourth-order valence-corrected chi connectivity index (χ4v) is 1.10. The molecule has 5 heteroatoms. The second-order valence-electron chi connectivity index (χ2n) is 3.22. The van der Waals surface area contributed by atoms with E-state index in [1.54, 1.807) is 6.20 Å². The first-order valence-corrected chi connectivity index (χ1v) is 4.56. The van der Waals surface area contributed by atoms with Crippen molar-refractivity contribution in [3.05, 3.63) is 18.5 Å². The van der Waals surface area contributed by atoms with Gasteiger partial charge in [0.2, 0.25) is 0 Å². The van der Waals surface area contributed by atoms with Crippen molar-refractivity contribution in [3.63, 3.8) is 0 Å². The van der Waals surface area contributed by atoms with Gasteiger partial charge in [0, 0.05) is 25.5 Å². The van der Waals surface area contributed by atoms with E-state index in [4.69, 9.17) is 5.11 Å². The molecular formula is C9H15N3O2. The first kappa shape index (κ1) is 10.7. The Morgan fingerprint density at radius 3 is 2.93 bits per heavy atom. The average molecular weight is 197 g/mol. The smallest absolute Gasteiger partial charge is 0.304 e. The molecule has 14 heavy (non-hydrogen) atoms. The van der Waals surface area contributed by atoms with E-state index in [0.717, 1.165) is 13.1 Å². The first-order chi connectivity index (χ1) is 6.68. The number of carbonyl (C=O) groups is 1. The van der Waals surface area contributed by atoms with Crippen molar-refractivity contribution in [1.82, 2.24) is 14.7 Å². The van der Waals surface area contributed by atoms with Crippen molar-refractivity contribution in [2.45, 2.75) is 13.0 Å². The molecule has 1 aromatic heterocycles. The number of rotatable bonds is 6. The van der Waals surface area contributed by atoms with Gasteiger partial charge in [0.1, 0.15) is 0 Å². The predicted octanol–water partition coefficient (Wildman–Crippen LogP) is 0.290. The molecule has 0 bridgehead atoms. The predicted molar refractivity (Wildman–Crippen MR) is 52.0 cm³/mol. The van der Waals surface area contributed by atoms with E-state index in [2.05, 4.69) is 5.10 Å². The molecule has 0 saturated heterocycles. The monoisotopic (exact) mass is 197 g/mol. The highest BCUT2D eigenvalue weighted by molar-refractivity contribution is 5.66. The molecule has 0 saturated carbocycles. The first-order valence-electron chi connectivity index (χ1n) is 4.56. The van der Waals surface area contributed by atoms with Crippen LogP contribution in [0.5, 0.6) is 0 Å². The van der Waals surface area contributed by atoms with Gasteiger partial charge in [0.05, 0.1) is 13.0 Å². The molecule has 0 spiro atoms. The minimum Gasteiger partial charge on any atom is -0.481 e. The molecule has 0 aliphatic carbocycles. The molecule has 0 aliphatic heterocycles. The fourth-order valence-electron chi connectivity index (χ4n) is 1.10. The van der Waals surface area contributed by atoms with Crippen LogP contribution in [0.2, 0.25) is 0 Å². The van der Waals surface area contributed by atoms with E-state index >= 15 is 0 Å². The maximum atomic E-state index is 10.3. The van der Waals surface area contributed by atoms with Crippen LogP contribution >= 0.6 is 0 Å². The lowest BCUT2D eigenvalue weighted by Gasteiger charge is -2.14. The Labute approximate surface area is 82.9 Å². The number of aliphatic carboxylic acids is 1. The Morgan fingerprint density at radius 1 is 1.57 bits per heavy atom. The number of aromatic nitrogens is 2. The summed E-state index contributed by atoms with van der Waals surface area (Å²) < 4.78 is 1.83. The highest BCUT2D eigenvalue weighted by Gasteiger charge is 2.02. The lowest BCUT2D eigenvalue weighted by molar-refractivity contribution is -0.137. The van der Waals surface area contributed by atoms with Crippen molar-refractivity contribution in [2.24, 2.45) is 0 Å². The summed E-state index contributed by atoms with van der Waals surface area (Å²) in [5.74, 6) is -0.754. The highest BCUT2D eigenvalue weighted by atomic mass is 16.4. The second kappa shape index (κ2) is 5.39. The number of hydrogen-bond acceptors (Lipinski definition) is 3. The fraction of sp³-hybridized carbons (Fsp3) is 0.556. The number of nitrogens with zero attached hydrogens (tertiary/aromatic N) is 3. The molecule has 0 aliphatic rings. The third-order valence-electron chi connectivity index (χ3n) is 1.98. The third kappa shape index (κ3) is 4.04. The van der Waals surface area contributed by atoms with Crippen molar-refractivity contribution < 1.29 is 9.90 Å². The van der Waals surface area contributed by atoms with E-state index in [-0.39, 0.29) is 6.42 Å². The van der Waals surface area contributed by atoms with Gasteiger partial charge < -0.3 is 10.0 Å². The molecule has 1 rings (SSSR count).